The number of hydrogen-bond donors (Lipinski definition) is 2. The molecule has 1 amide bonds. The molecule has 150 valence electrons. The van der Waals surface area contributed by atoms with Crippen molar-refractivity contribution in [2.75, 3.05) is 19.6 Å². The third kappa shape index (κ3) is 5.01. The molecule has 1 fully saturated rings. The maximum Gasteiger partial charge on any atom is 0.253 e. The Labute approximate surface area is 166 Å². The second-order valence-corrected chi connectivity index (χ2v) is 7.25. The first kappa shape index (κ1) is 20.6. The van der Waals surface area contributed by atoms with Gasteiger partial charge in [-0.3, -0.25) is 4.79 Å². The summed E-state index contributed by atoms with van der Waals surface area (Å²) < 4.78 is 28.3. The molecule has 28 heavy (non-hydrogen) atoms. The normalized spacial score (nSPS) is 16.2. The molecule has 3 rings (SSSR count). The highest BCUT2D eigenvalue weighted by Gasteiger charge is 2.36. The first-order valence-corrected chi connectivity index (χ1v) is 9.33. The summed E-state index contributed by atoms with van der Waals surface area (Å²) >= 11 is 5.73. The molecule has 0 radical (unpaired) electrons. The lowest BCUT2D eigenvalue weighted by Gasteiger charge is -2.36. The van der Waals surface area contributed by atoms with E-state index in [4.69, 9.17) is 16.7 Å². The molecular weight excluding hydrogens is 390 g/mol. The molecule has 1 aliphatic rings. The fourth-order valence-corrected chi connectivity index (χ4v) is 3.23. The Hall–Kier alpha value is -2.16. The van der Waals surface area contributed by atoms with Gasteiger partial charge in [-0.25, -0.2) is 18.7 Å². The molecule has 0 unspecified atom stereocenters. The lowest BCUT2D eigenvalue weighted by molar-refractivity contribution is 0.0434. The maximum absolute atomic E-state index is 15.0. The van der Waals surface area contributed by atoms with Crippen LogP contribution in [0.3, 0.4) is 0 Å². The molecule has 0 atom stereocenters. The minimum absolute atomic E-state index is 0.110. The smallest absolute Gasteiger partial charge is 0.253 e. The Morgan fingerprint density at radius 2 is 1.96 bits per heavy atom. The van der Waals surface area contributed by atoms with Gasteiger partial charge in [0.1, 0.15) is 17.3 Å². The number of aliphatic hydroxyl groups is 1. The number of carbonyl (C=O) groups is 1. The lowest BCUT2D eigenvalue weighted by Crippen LogP contribution is -2.48. The van der Waals surface area contributed by atoms with Gasteiger partial charge >= 0.3 is 0 Å². The van der Waals surface area contributed by atoms with Crippen LogP contribution in [0.2, 0.25) is 5.02 Å². The second-order valence-electron chi connectivity index (χ2n) is 6.84. The fourth-order valence-electron chi connectivity index (χ4n) is 3.05. The highest BCUT2D eigenvalue weighted by Crippen LogP contribution is 2.27. The SMILES string of the molecule is O=C(c1ccc(F)c(Cl)c1)N1CCC(F)(CNCc2ncc(CO)cn2)CC1. The van der Waals surface area contributed by atoms with Crippen molar-refractivity contribution in [2.45, 2.75) is 31.7 Å². The summed E-state index contributed by atoms with van der Waals surface area (Å²) in [5, 5.41) is 11.9. The summed E-state index contributed by atoms with van der Waals surface area (Å²) in [6, 6.07) is 3.82. The molecule has 1 saturated heterocycles. The van der Waals surface area contributed by atoms with Crippen molar-refractivity contribution >= 4 is 17.5 Å². The number of carbonyl (C=O) groups excluding carboxylic acids is 1. The zero-order valence-electron chi connectivity index (χ0n) is 15.2. The van der Waals surface area contributed by atoms with E-state index in [1.807, 2.05) is 0 Å². The van der Waals surface area contributed by atoms with Crippen LogP contribution in [0.4, 0.5) is 8.78 Å². The maximum atomic E-state index is 15.0. The van der Waals surface area contributed by atoms with Gasteiger partial charge in [-0.2, -0.15) is 0 Å². The highest BCUT2D eigenvalue weighted by molar-refractivity contribution is 6.31. The van der Waals surface area contributed by atoms with E-state index in [1.54, 1.807) is 4.90 Å². The van der Waals surface area contributed by atoms with Gasteiger partial charge in [-0.15, -0.1) is 0 Å². The van der Waals surface area contributed by atoms with Crippen LogP contribution in [-0.2, 0) is 13.2 Å². The van der Waals surface area contributed by atoms with Crippen LogP contribution in [0.5, 0.6) is 0 Å². The molecule has 6 nitrogen and oxygen atoms in total. The van der Waals surface area contributed by atoms with Crippen molar-refractivity contribution in [3.8, 4) is 0 Å². The number of likely N-dealkylation sites (tertiary alicyclic amines) is 1. The van der Waals surface area contributed by atoms with Crippen molar-refractivity contribution in [3.63, 3.8) is 0 Å². The molecule has 2 heterocycles. The molecule has 1 aromatic heterocycles. The average Bonchev–Trinajstić information content (AvgIpc) is 2.70. The minimum Gasteiger partial charge on any atom is -0.392 e. The third-order valence-corrected chi connectivity index (χ3v) is 5.07. The molecule has 1 aliphatic heterocycles. The van der Waals surface area contributed by atoms with Crippen LogP contribution in [0.15, 0.2) is 30.6 Å². The largest absolute Gasteiger partial charge is 0.392 e. The fraction of sp³-hybridized carbons (Fsp3) is 0.421. The number of nitrogens with zero attached hydrogens (tertiary/aromatic N) is 3. The Kier molecular flexibility index (Phi) is 6.53. The molecule has 0 spiro atoms. The number of hydrogen-bond acceptors (Lipinski definition) is 5. The summed E-state index contributed by atoms with van der Waals surface area (Å²) in [5.74, 6) is -0.350. The molecular formula is C19H21ClF2N4O2. The number of aromatic nitrogens is 2. The first-order chi connectivity index (χ1) is 13.4. The Morgan fingerprint density at radius 1 is 1.29 bits per heavy atom. The van der Waals surface area contributed by atoms with Crippen LogP contribution >= 0.6 is 11.6 Å². The quantitative estimate of drug-likeness (QED) is 0.765. The van der Waals surface area contributed by atoms with Crippen molar-refractivity contribution < 1.29 is 18.7 Å². The van der Waals surface area contributed by atoms with Crippen molar-refractivity contribution in [2.24, 2.45) is 0 Å². The van der Waals surface area contributed by atoms with Gasteiger partial charge in [0.05, 0.1) is 18.2 Å². The summed E-state index contributed by atoms with van der Waals surface area (Å²) in [4.78, 5) is 22.2. The van der Waals surface area contributed by atoms with E-state index < -0.39 is 11.5 Å². The van der Waals surface area contributed by atoms with E-state index in [1.165, 1.54) is 24.5 Å². The van der Waals surface area contributed by atoms with E-state index in [0.29, 0.717) is 23.5 Å². The molecule has 1 aromatic carbocycles. The van der Waals surface area contributed by atoms with Crippen LogP contribution in [0, 0.1) is 5.82 Å². The number of rotatable bonds is 6. The molecule has 0 aliphatic carbocycles. The number of benzene rings is 1. The van der Waals surface area contributed by atoms with Crippen LogP contribution in [0.25, 0.3) is 0 Å². The summed E-state index contributed by atoms with van der Waals surface area (Å²) in [6.45, 7) is 0.860. The zero-order chi connectivity index (χ0) is 20.1. The highest BCUT2D eigenvalue weighted by atomic mass is 35.5. The van der Waals surface area contributed by atoms with E-state index in [2.05, 4.69) is 15.3 Å². The molecule has 0 bridgehead atoms. The molecule has 0 saturated carbocycles. The Balaban J connectivity index is 1.48. The van der Waals surface area contributed by atoms with Gasteiger partial charge < -0.3 is 15.3 Å². The molecule has 2 N–H and O–H groups in total. The summed E-state index contributed by atoms with van der Waals surface area (Å²) in [7, 11) is 0. The van der Waals surface area contributed by atoms with Crippen LogP contribution in [-0.4, -0.2) is 51.2 Å². The summed E-state index contributed by atoms with van der Waals surface area (Å²) in [6.07, 6.45) is 3.46. The van der Waals surface area contributed by atoms with Gasteiger partial charge in [-0.1, -0.05) is 11.6 Å². The van der Waals surface area contributed by atoms with Crippen molar-refractivity contribution in [1.29, 1.82) is 0 Å². The monoisotopic (exact) mass is 410 g/mol. The standard InChI is InChI=1S/C19H21ClF2N4O2/c20-15-7-14(1-2-16(15)21)18(28)26-5-3-19(22,4-6-26)12-23-10-17-24-8-13(11-27)9-25-17/h1-2,7-9,23,27H,3-6,10-12H2. The van der Waals surface area contributed by atoms with Gasteiger partial charge in [-0.05, 0) is 18.2 Å². The lowest BCUT2D eigenvalue weighted by atomic mass is 9.92. The third-order valence-electron chi connectivity index (χ3n) is 4.78. The van der Waals surface area contributed by atoms with Gasteiger partial charge in [0.25, 0.3) is 5.91 Å². The first-order valence-electron chi connectivity index (χ1n) is 8.95. The number of aliphatic hydroxyl groups excluding tert-OH is 1. The van der Waals surface area contributed by atoms with Gasteiger partial charge in [0.15, 0.2) is 0 Å². The van der Waals surface area contributed by atoms with Crippen molar-refractivity contribution in [1.82, 2.24) is 20.2 Å². The van der Waals surface area contributed by atoms with Crippen LogP contribution < -0.4 is 5.32 Å². The molecule has 2 aromatic rings. The second kappa shape index (κ2) is 8.89. The van der Waals surface area contributed by atoms with E-state index in [0.717, 1.165) is 6.07 Å². The Bertz CT molecular complexity index is 827. The van der Waals surface area contributed by atoms with E-state index in [9.17, 15) is 9.18 Å². The number of piperidine rings is 1. The topological polar surface area (TPSA) is 78.4 Å². The van der Waals surface area contributed by atoms with Crippen molar-refractivity contribution in [3.05, 3.63) is 58.4 Å². The molecule has 9 heteroatoms. The van der Waals surface area contributed by atoms with E-state index >= 15 is 4.39 Å². The van der Waals surface area contributed by atoms with Crippen LogP contribution in [0.1, 0.15) is 34.6 Å². The minimum atomic E-state index is -1.43. The van der Waals surface area contributed by atoms with Gasteiger partial charge in [0, 0.05) is 56.0 Å². The predicted octanol–water partition coefficient (Wildman–Crippen LogP) is 2.50. The van der Waals surface area contributed by atoms with E-state index in [-0.39, 0.29) is 50.0 Å². The number of halogens is 3. The Morgan fingerprint density at radius 3 is 2.57 bits per heavy atom. The summed E-state index contributed by atoms with van der Waals surface area (Å²) in [5.41, 5.74) is -0.521. The predicted molar refractivity (Wildman–Crippen MR) is 100 cm³/mol. The average molecular weight is 411 g/mol. The number of nitrogens with one attached hydrogen (secondary N) is 1. The zero-order valence-corrected chi connectivity index (χ0v) is 15.9. The van der Waals surface area contributed by atoms with Gasteiger partial charge in [0.2, 0.25) is 0 Å². The number of amides is 1. The number of alkyl halides is 1.